The minimum absolute atomic E-state index is 0.0209. The van der Waals surface area contributed by atoms with Gasteiger partial charge in [-0.3, -0.25) is 9.59 Å². The molecule has 2 rings (SSSR count). The standard InChI is InChI=1S/C19H26N2O2/c1-5-19(2,3)21(4)17(22)13-8-14-6-9-15(10-7-14)18(23)20-16-11-12-16/h6-10,13,16H,5,11-12H2,1-4H3,(H,20,23). The van der Waals surface area contributed by atoms with Crippen LogP contribution in [-0.4, -0.2) is 35.3 Å². The molecule has 23 heavy (non-hydrogen) atoms. The molecule has 0 radical (unpaired) electrons. The van der Waals surface area contributed by atoms with Crippen LogP contribution in [0.4, 0.5) is 0 Å². The summed E-state index contributed by atoms with van der Waals surface area (Å²) in [5.41, 5.74) is 1.40. The highest BCUT2D eigenvalue weighted by atomic mass is 16.2. The number of hydrogen-bond donors (Lipinski definition) is 1. The molecule has 1 N–H and O–H groups in total. The first-order valence-electron chi connectivity index (χ1n) is 8.20. The maximum absolute atomic E-state index is 12.2. The lowest BCUT2D eigenvalue weighted by atomic mass is 10.00. The van der Waals surface area contributed by atoms with E-state index in [1.807, 2.05) is 33.0 Å². The molecular weight excluding hydrogens is 288 g/mol. The zero-order chi connectivity index (χ0) is 17.0. The molecule has 4 nitrogen and oxygen atoms in total. The van der Waals surface area contributed by atoms with E-state index in [0.717, 1.165) is 24.8 Å². The van der Waals surface area contributed by atoms with E-state index in [-0.39, 0.29) is 17.4 Å². The van der Waals surface area contributed by atoms with Crippen LogP contribution in [0.5, 0.6) is 0 Å². The van der Waals surface area contributed by atoms with E-state index in [1.165, 1.54) is 0 Å². The second-order valence-electron chi connectivity index (χ2n) is 6.77. The van der Waals surface area contributed by atoms with Crippen molar-refractivity contribution >= 4 is 17.9 Å². The van der Waals surface area contributed by atoms with Crippen molar-refractivity contribution in [1.82, 2.24) is 10.2 Å². The Morgan fingerprint density at radius 2 is 1.87 bits per heavy atom. The molecule has 1 aromatic rings. The molecule has 4 heteroatoms. The molecule has 1 aliphatic rings. The summed E-state index contributed by atoms with van der Waals surface area (Å²) in [5.74, 6) is -0.0454. The number of nitrogens with zero attached hydrogens (tertiary/aromatic N) is 1. The van der Waals surface area contributed by atoms with Crippen molar-refractivity contribution < 1.29 is 9.59 Å². The van der Waals surface area contributed by atoms with Gasteiger partial charge in [0.05, 0.1) is 0 Å². The predicted molar refractivity (Wildman–Crippen MR) is 93.1 cm³/mol. The molecule has 0 bridgehead atoms. The highest BCUT2D eigenvalue weighted by Crippen LogP contribution is 2.20. The van der Waals surface area contributed by atoms with Crippen LogP contribution in [0.3, 0.4) is 0 Å². The number of nitrogens with one attached hydrogen (secondary N) is 1. The van der Waals surface area contributed by atoms with Gasteiger partial charge in [0, 0.05) is 30.3 Å². The summed E-state index contributed by atoms with van der Waals surface area (Å²) in [4.78, 5) is 25.9. The van der Waals surface area contributed by atoms with Gasteiger partial charge in [0.25, 0.3) is 5.91 Å². The van der Waals surface area contributed by atoms with Gasteiger partial charge in [-0.1, -0.05) is 19.1 Å². The van der Waals surface area contributed by atoms with Gasteiger partial charge in [-0.15, -0.1) is 0 Å². The van der Waals surface area contributed by atoms with E-state index < -0.39 is 0 Å². The summed E-state index contributed by atoms with van der Waals surface area (Å²) in [6, 6.07) is 7.66. The van der Waals surface area contributed by atoms with Crippen molar-refractivity contribution in [2.45, 2.75) is 51.6 Å². The number of carbonyl (C=O) groups excluding carboxylic acids is 2. The molecule has 1 aliphatic carbocycles. The van der Waals surface area contributed by atoms with E-state index in [4.69, 9.17) is 0 Å². The quantitative estimate of drug-likeness (QED) is 0.820. The first-order valence-corrected chi connectivity index (χ1v) is 8.20. The van der Waals surface area contributed by atoms with Gasteiger partial charge in [-0.05, 0) is 56.9 Å². The van der Waals surface area contributed by atoms with Crippen LogP contribution in [0.1, 0.15) is 56.0 Å². The van der Waals surface area contributed by atoms with Gasteiger partial charge in [0.15, 0.2) is 0 Å². The van der Waals surface area contributed by atoms with Gasteiger partial charge in [-0.25, -0.2) is 0 Å². The first kappa shape index (κ1) is 17.3. The van der Waals surface area contributed by atoms with Gasteiger partial charge in [-0.2, -0.15) is 0 Å². The van der Waals surface area contributed by atoms with Crippen molar-refractivity contribution in [3.63, 3.8) is 0 Å². The summed E-state index contributed by atoms with van der Waals surface area (Å²) < 4.78 is 0. The molecule has 1 fully saturated rings. The number of rotatable bonds is 6. The second kappa shape index (κ2) is 6.99. The molecule has 0 atom stereocenters. The van der Waals surface area contributed by atoms with Crippen molar-refractivity contribution in [2.75, 3.05) is 7.05 Å². The van der Waals surface area contributed by atoms with Gasteiger partial charge >= 0.3 is 0 Å². The Kier molecular flexibility index (Phi) is 5.24. The number of amides is 2. The number of likely N-dealkylation sites (N-methyl/N-ethyl adjacent to an activating group) is 1. The van der Waals surface area contributed by atoms with Crippen LogP contribution in [-0.2, 0) is 4.79 Å². The Labute approximate surface area is 138 Å². The van der Waals surface area contributed by atoms with Crippen molar-refractivity contribution in [3.8, 4) is 0 Å². The van der Waals surface area contributed by atoms with E-state index in [1.54, 1.807) is 29.2 Å². The average molecular weight is 314 g/mol. The van der Waals surface area contributed by atoms with Gasteiger partial charge < -0.3 is 10.2 Å². The molecule has 0 saturated heterocycles. The van der Waals surface area contributed by atoms with Crippen LogP contribution in [0, 0.1) is 0 Å². The lowest BCUT2D eigenvalue weighted by Gasteiger charge is -2.34. The van der Waals surface area contributed by atoms with Crippen molar-refractivity contribution in [1.29, 1.82) is 0 Å². The van der Waals surface area contributed by atoms with Gasteiger partial charge in [0.2, 0.25) is 5.91 Å². The monoisotopic (exact) mass is 314 g/mol. The summed E-state index contributed by atoms with van der Waals surface area (Å²) in [7, 11) is 1.82. The Balaban J connectivity index is 1.97. The molecule has 0 spiro atoms. The van der Waals surface area contributed by atoms with Crippen molar-refractivity contribution in [3.05, 3.63) is 41.5 Å². The van der Waals surface area contributed by atoms with Crippen LogP contribution in [0.25, 0.3) is 6.08 Å². The second-order valence-corrected chi connectivity index (χ2v) is 6.77. The van der Waals surface area contributed by atoms with E-state index in [0.29, 0.717) is 11.6 Å². The topological polar surface area (TPSA) is 49.4 Å². The highest BCUT2D eigenvalue weighted by Gasteiger charge is 2.24. The largest absolute Gasteiger partial charge is 0.349 e. The number of benzene rings is 1. The summed E-state index contributed by atoms with van der Waals surface area (Å²) in [6.45, 7) is 6.16. The minimum Gasteiger partial charge on any atom is -0.349 e. The molecular formula is C19H26N2O2. The van der Waals surface area contributed by atoms with Crippen LogP contribution in [0.2, 0.25) is 0 Å². The predicted octanol–water partition coefficient (Wildman–Crippen LogP) is 3.24. The Bertz CT molecular complexity index is 598. The zero-order valence-corrected chi connectivity index (χ0v) is 14.4. The Hall–Kier alpha value is -2.10. The van der Waals surface area contributed by atoms with E-state index >= 15 is 0 Å². The minimum atomic E-state index is -0.161. The van der Waals surface area contributed by atoms with E-state index in [2.05, 4.69) is 12.2 Å². The normalized spacial score (nSPS) is 14.8. The summed E-state index contributed by atoms with van der Waals surface area (Å²) in [6.07, 6.45) is 6.42. The third-order valence-corrected chi connectivity index (χ3v) is 4.61. The van der Waals surface area contributed by atoms with E-state index in [9.17, 15) is 9.59 Å². The lowest BCUT2D eigenvalue weighted by Crippen LogP contribution is -2.43. The van der Waals surface area contributed by atoms with Crippen LogP contribution in [0.15, 0.2) is 30.3 Å². The SMILES string of the molecule is CCC(C)(C)N(C)C(=O)C=Cc1ccc(C(=O)NC2CC2)cc1. The maximum Gasteiger partial charge on any atom is 0.251 e. The molecule has 0 unspecified atom stereocenters. The first-order chi connectivity index (χ1) is 10.8. The third kappa shape index (κ3) is 4.68. The molecule has 1 aromatic carbocycles. The maximum atomic E-state index is 12.2. The average Bonchev–Trinajstić information content (AvgIpc) is 3.36. The lowest BCUT2D eigenvalue weighted by molar-refractivity contribution is -0.129. The molecule has 0 aliphatic heterocycles. The Morgan fingerprint density at radius 3 is 2.39 bits per heavy atom. The molecule has 124 valence electrons. The molecule has 2 amide bonds. The Morgan fingerprint density at radius 1 is 1.26 bits per heavy atom. The van der Waals surface area contributed by atoms with Crippen molar-refractivity contribution in [2.24, 2.45) is 0 Å². The fourth-order valence-corrected chi connectivity index (χ4v) is 2.06. The third-order valence-electron chi connectivity index (χ3n) is 4.61. The summed E-state index contributed by atoms with van der Waals surface area (Å²) >= 11 is 0. The zero-order valence-electron chi connectivity index (χ0n) is 14.4. The van der Waals surface area contributed by atoms with Crippen LogP contribution < -0.4 is 5.32 Å². The number of carbonyl (C=O) groups is 2. The fourth-order valence-electron chi connectivity index (χ4n) is 2.06. The molecule has 0 heterocycles. The number of hydrogen-bond acceptors (Lipinski definition) is 2. The summed E-state index contributed by atoms with van der Waals surface area (Å²) in [5, 5.41) is 2.96. The highest BCUT2D eigenvalue weighted by molar-refractivity contribution is 5.95. The fraction of sp³-hybridized carbons (Fsp3) is 0.474. The molecule has 1 saturated carbocycles. The smallest absolute Gasteiger partial charge is 0.251 e. The molecule has 0 aromatic heterocycles. The van der Waals surface area contributed by atoms with Crippen LogP contribution >= 0.6 is 0 Å². The van der Waals surface area contributed by atoms with Gasteiger partial charge in [0.1, 0.15) is 0 Å².